The quantitative estimate of drug-likeness (QED) is 0.264. The van der Waals surface area contributed by atoms with Gasteiger partial charge in [-0.1, -0.05) is 32.9 Å². The summed E-state index contributed by atoms with van der Waals surface area (Å²) in [6.45, 7) is 20.0. The number of aliphatic hydroxyl groups is 1. The molecule has 8 nitrogen and oxygen atoms in total. The molecular weight excluding hydrogens is 460 g/mol. The van der Waals surface area contributed by atoms with Gasteiger partial charge in [-0.3, -0.25) is 14.4 Å². The summed E-state index contributed by atoms with van der Waals surface area (Å²) < 4.78 is 12.1. The lowest BCUT2D eigenvalue weighted by Gasteiger charge is -2.45. The Balaban J connectivity index is 2.05. The Morgan fingerprint density at radius 2 is 1.89 bits per heavy atom. The van der Waals surface area contributed by atoms with Gasteiger partial charge in [0, 0.05) is 18.6 Å². The van der Waals surface area contributed by atoms with E-state index in [1.807, 2.05) is 20.8 Å². The summed E-state index contributed by atoms with van der Waals surface area (Å²) in [5.41, 5.74) is -2.61. The van der Waals surface area contributed by atoms with Gasteiger partial charge in [-0.05, 0) is 51.9 Å². The summed E-state index contributed by atoms with van der Waals surface area (Å²) in [5, 5.41) is 9.82. The van der Waals surface area contributed by atoms with Crippen molar-refractivity contribution in [3.05, 3.63) is 25.3 Å². The van der Waals surface area contributed by atoms with Crippen molar-refractivity contribution in [3.63, 3.8) is 0 Å². The molecule has 3 heterocycles. The summed E-state index contributed by atoms with van der Waals surface area (Å²) in [6.07, 6.45) is 5.63. The maximum atomic E-state index is 14.4. The van der Waals surface area contributed by atoms with Crippen molar-refractivity contribution in [2.75, 3.05) is 26.3 Å². The van der Waals surface area contributed by atoms with Gasteiger partial charge in [0.05, 0.1) is 24.7 Å². The molecule has 5 atom stereocenters. The lowest BCUT2D eigenvalue weighted by Crippen LogP contribution is -2.61. The monoisotopic (exact) mass is 504 g/mol. The van der Waals surface area contributed by atoms with Gasteiger partial charge in [0.2, 0.25) is 11.8 Å². The SMILES string of the molecule is C=CCCOC(=O)[C@H]1[C@H]2C(=O)N(CCO)C(C(=O)N(CC=C)C(C)(C)CC(C)(C)C)C23CC[C@]1(C)O3. The first-order valence-corrected chi connectivity index (χ1v) is 13.0. The molecule has 1 spiro atoms. The summed E-state index contributed by atoms with van der Waals surface area (Å²) in [6, 6.07) is -0.936. The van der Waals surface area contributed by atoms with Gasteiger partial charge in [0.15, 0.2) is 0 Å². The van der Waals surface area contributed by atoms with Crippen molar-refractivity contribution in [2.45, 2.75) is 90.0 Å². The van der Waals surface area contributed by atoms with E-state index in [1.54, 1.807) is 17.1 Å². The van der Waals surface area contributed by atoms with Crippen LogP contribution in [0.25, 0.3) is 0 Å². The van der Waals surface area contributed by atoms with E-state index in [1.165, 1.54) is 4.90 Å². The van der Waals surface area contributed by atoms with Crippen LogP contribution in [0.15, 0.2) is 25.3 Å². The molecule has 202 valence electrons. The minimum Gasteiger partial charge on any atom is -0.465 e. The van der Waals surface area contributed by atoms with Crippen molar-refractivity contribution in [1.29, 1.82) is 0 Å². The fourth-order valence-corrected chi connectivity index (χ4v) is 7.05. The highest BCUT2D eigenvalue weighted by Gasteiger charge is 2.78. The smallest absolute Gasteiger partial charge is 0.312 e. The van der Waals surface area contributed by atoms with Crippen LogP contribution < -0.4 is 0 Å². The van der Waals surface area contributed by atoms with Crippen LogP contribution in [0, 0.1) is 17.3 Å². The van der Waals surface area contributed by atoms with Crippen molar-refractivity contribution in [2.24, 2.45) is 17.3 Å². The number of ether oxygens (including phenoxy) is 2. The zero-order chi connectivity index (χ0) is 27.1. The third kappa shape index (κ3) is 4.74. The number of hydrogen-bond donors (Lipinski definition) is 1. The Labute approximate surface area is 215 Å². The number of carbonyl (C=O) groups is 3. The number of rotatable bonds is 11. The highest BCUT2D eigenvalue weighted by atomic mass is 16.6. The molecule has 0 saturated carbocycles. The average molecular weight is 505 g/mol. The Morgan fingerprint density at radius 1 is 1.22 bits per heavy atom. The molecule has 0 aromatic rings. The number of carbonyl (C=O) groups excluding carboxylic acids is 3. The summed E-state index contributed by atoms with van der Waals surface area (Å²) >= 11 is 0. The van der Waals surface area contributed by atoms with E-state index in [4.69, 9.17) is 9.47 Å². The van der Waals surface area contributed by atoms with E-state index in [0.717, 1.165) is 6.42 Å². The molecule has 0 aromatic carbocycles. The Hall–Kier alpha value is -2.19. The van der Waals surface area contributed by atoms with E-state index in [0.29, 0.717) is 25.8 Å². The molecule has 2 amide bonds. The van der Waals surface area contributed by atoms with Gasteiger partial charge < -0.3 is 24.4 Å². The molecule has 2 unspecified atom stereocenters. The maximum absolute atomic E-state index is 14.4. The van der Waals surface area contributed by atoms with Crippen LogP contribution in [0.2, 0.25) is 0 Å². The second-order valence-electron chi connectivity index (χ2n) is 12.5. The molecule has 8 heteroatoms. The molecule has 0 aromatic heterocycles. The Bertz CT molecular complexity index is 908. The number of amides is 2. The molecule has 0 aliphatic carbocycles. The molecule has 1 N–H and O–H groups in total. The molecule has 2 bridgehead atoms. The van der Waals surface area contributed by atoms with Gasteiger partial charge in [0.1, 0.15) is 17.6 Å². The first kappa shape index (κ1) is 28.4. The molecular formula is C28H44N2O6. The first-order chi connectivity index (χ1) is 16.7. The van der Waals surface area contributed by atoms with Gasteiger partial charge in [-0.15, -0.1) is 13.2 Å². The van der Waals surface area contributed by atoms with Gasteiger partial charge in [-0.2, -0.15) is 0 Å². The minimum absolute atomic E-state index is 0.00652. The number of aliphatic hydroxyl groups excluding tert-OH is 1. The second kappa shape index (κ2) is 9.93. The maximum Gasteiger partial charge on any atom is 0.312 e. The lowest BCUT2D eigenvalue weighted by atomic mass is 9.66. The largest absolute Gasteiger partial charge is 0.465 e. The standard InChI is InChI=1S/C28H44N2O6/c1-9-11-17-35-24(34)20-19-22(32)29(15-16-31)21(28(19)13-12-27(20,8)36-28)23(33)30(14-10-2)26(6,7)18-25(3,4)5/h9-10,19-21,31H,1-2,11-18H2,3-8H3/t19-,20+,21?,27-,28?/m0/s1. The topological polar surface area (TPSA) is 96.4 Å². The molecule has 3 aliphatic heterocycles. The highest BCUT2D eigenvalue weighted by Crippen LogP contribution is 2.63. The van der Waals surface area contributed by atoms with Crippen molar-refractivity contribution >= 4 is 17.8 Å². The number of β-amino-alcohol motifs (C(OH)–C–C–N with tert-alkyl or cyclic N) is 1. The fourth-order valence-electron chi connectivity index (χ4n) is 7.05. The van der Waals surface area contributed by atoms with Crippen molar-refractivity contribution in [3.8, 4) is 0 Å². The van der Waals surface area contributed by atoms with Crippen LogP contribution >= 0.6 is 0 Å². The van der Waals surface area contributed by atoms with E-state index in [2.05, 4.69) is 33.9 Å². The molecule has 3 saturated heterocycles. The lowest BCUT2D eigenvalue weighted by molar-refractivity contribution is -0.161. The summed E-state index contributed by atoms with van der Waals surface area (Å²) in [5.74, 6) is -2.68. The predicted molar refractivity (Wildman–Crippen MR) is 137 cm³/mol. The van der Waals surface area contributed by atoms with Crippen LogP contribution in [0.5, 0.6) is 0 Å². The third-order valence-corrected chi connectivity index (χ3v) is 7.94. The summed E-state index contributed by atoms with van der Waals surface area (Å²) in [7, 11) is 0. The van der Waals surface area contributed by atoms with E-state index < -0.39 is 40.6 Å². The van der Waals surface area contributed by atoms with Crippen LogP contribution in [-0.2, 0) is 23.9 Å². The summed E-state index contributed by atoms with van der Waals surface area (Å²) in [4.78, 5) is 44.7. The number of nitrogens with zero attached hydrogens (tertiary/aromatic N) is 2. The minimum atomic E-state index is -1.14. The van der Waals surface area contributed by atoms with E-state index >= 15 is 0 Å². The molecule has 0 radical (unpaired) electrons. The number of likely N-dealkylation sites (tertiary alicyclic amines) is 1. The number of fused-ring (bicyclic) bond motifs is 1. The Morgan fingerprint density at radius 3 is 2.44 bits per heavy atom. The molecule has 36 heavy (non-hydrogen) atoms. The van der Waals surface area contributed by atoms with Crippen molar-refractivity contribution < 1.29 is 29.0 Å². The van der Waals surface area contributed by atoms with Gasteiger partial charge in [-0.25, -0.2) is 0 Å². The van der Waals surface area contributed by atoms with Crippen LogP contribution in [0.3, 0.4) is 0 Å². The molecule has 3 fully saturated rings. The van der Waals surface area contributed by atoms with Gasteiger partial charge in [0.25, 0.3) is 0 Å². The molecule has 3 rings (SSSR count). The van der Waals surface area contributed by atoms with Gasteiger partial charge >= 0.3 is 5.97 Å². The van der Waals surface area contributed by atoms with Crippen molar-refractivity contribution in [1.82, 2.24) is 9.80 Å². The Kier molecular flexibility index (Phi) is 7.83. The van der Waals surface area contributed by atoms with Crippen LogP contribution in [0.4, 0.5) is 0 Å². The number of hydrogen-bond acceptors (Lipinski definition) is 6. The fraction of sp³-hybridized carbons (Fsp3) is 0.750. The third-order valence-electron chi connectivity index (χ3n) is 7.94. The highest BCUT2D eigenvalue weighted by molar-refractivity contribution is 5.98. The molecule has 3 aliphatic rings. The average Bonchev–Trinajstić information content (AvgIpc) is 3.31. The zero-order valence-corrected chi connectivity index (χ0v) is 22.8. The van der Waals surface area contributed by atoms with E-state index in [9.17, 15) is 19.5 Å². The zero-order valence-electron chi connectivity index (χ0n) is 22.8. The number of esters is 1. The predicted octanol–water partition coefficient (Wildman–Crippen LogP) is 3.09. The second-order valence-corrected chi connectivity index (χ2v) is 12.5. The van der Waals surface area contributed by atoms with Crippen LogP contribution in [0.1, 0.15) is 67.2 Å². The normalized spacial score (nSPS) is 31.4. The van der Waals surface area contributed by atoms with E-state index in [-0.39, 0.29) is 37.0 Å². The van der Waals surface area contributed by atoms with Crippen LogP contribution in [-0.4, -0.2) is 81.8 Å². The first-order valence-electron chi connectivity index (χ1n) is 13.0.